The molecule has 8 heteroatoms. The van der Waals surface area contributed by atoms with Crippen LogP contribution in [0.5, 0.6) is 0 Å². The van der Waals surface area contributed by atoms with Gasteiger partial charge in [-0.3, -0.25) is 9.59 Å². The fraction of sp³-hybridized carbons (Fsp3) is 0.368. The lowest BCUT2D eigenvalue weighted by Crippen LogP contribution is -2.44. The highest BCUT2D eigenvalue weighted by atomic mass is 79.9. The van der Waals surface area contributed by atoms with E-state index in [1.165, 1.54) is 23.5 Å². The van der Waals surface area contributed by atoms with Gasteiger partial charge in [-0.05, 0) is 64.5 Å². The Labute approximate surface area is 169 Å². The highest BCUT2D eigenvalue weighted by molar-refractivity contribution is 9.11. The molecule has 1 saturated heterocycles. The lowest BCUT2D eigenvalue weighted by molar-refractivity contribution is -0.132. The molecular weight excluding hydrogens is 435 g/mol. The Balaban J connectivity index is 1.46. The Hall–Kier alpha value is -1.77. The predicted molar refractivity (Wildman–Crippen MR) is 105 cm³/mol. The largest absolute Gasteiger partial charge is 0.388 e. The van der Waals surface area contributed by atoms with Crippen molar-refractivity contribution in [1.82, 2.24) is 10.2 Å². The number of benzene rings is 1. The van der Waals surface area contributed by atoms with Crippen molar-refractivity contribution in [2.45, 2.75) is 18.9 Å². The Morgan fingerprint density at radius 1 is 1.22 bits per heavy atom. The van der Waals surface area contributed by atoms with Crippen LogP contribution in [0.3, 0.4) is 0 Å². The second-order valence-electron chi connectivity index (χ2n) is 6.50. The van der Waals surface area contributed by atoms with Crippen molar-refractivity contribution in [2.75, 3.05) is 19.6 Å². The van der Waals surface area contributed by atoms with E-state index in [0.29, 0.717) is 36.4 Å². The molecule has 5 nitrogen and oxygen atoms in total. The van der Waals surface area contributed by atoms with Crippen LogP contribution in [-0.2, 0) is 4.79 Å². The second kappa shape index (κ2) is 8.95. The van der Waals surface area contributed by atoms with Crippen LogP contribution in [0.4, 0.5) is 4.39 Å². The number of aliphatic hydroxyl groups excluding tert-OH is 1. The van der Waals surface area contributed by atoms with Crippen molar-refractivity contribution < 1.29 is 19.1 Å². The van der Waals surface area contributed by atoms with Gasteiger partial charge in [0.15, 0.2) is 0 Å². The van der Waals surface area contributed by atoms with Crippen LogP contribution in [0.15, 0.2) is 40.2 Å². The molecule has 0 spiro atoms. The van der Waals surface area contributed by atoms with Gasteiger partial charge in [0.1, 0.15) is 5.82 Å². The molecule has 1 aliphatic heterocycles. The summed E-state index contributed by atoms with van der Waals surface area (Å²) in [5.41, 5.74) is 0.690. The van der Waals surface area contributed by atoms with Gasteiger partial charge in [-0.15, -0.1) is 11.3 Å². The number of amides is 2. The van der Waals surface area contributed by atoms with Crippen molar-refractivity contribution in [3.8, 4) is 0 Å². The molecule has 0 aliphatic carbocycles. The summed E-state index contributed by atoms with van der Waals surface area (Å²) in [6, 6.07) is 9.36. The van der Waals surface area contributed by atoms with Crippen LogP contribution in [-0.4, -0.2) is 41.5 Å². The van der Waals surface area contributed by atoms with Crippen molar-refractivity contribution in [1.29, 1.82) is 0 Å². The molecule has 0 radical (unpaired) electrons. The molecule has 144 valence electrons. The summed E-state index contributed by atoms with van der Waals surface area (Å²) in [5.74, 6) is -0.699. The van der Waals surface area contributed by atoms with E-state index < -0.39 is 6.10 Å². The number of likely N-dealkylation sites (tertiary alicyclic amines) is 1. The summed E-state index contributed by atoms with van der Waals surface area (Å²) in [5, 5.41) is 13.1. The third kappa shape index (κ3) is 5.15. The Kier molecular flexibility index (Phi) is 6.62. The van der Waals surface area contributed by atoms with E-state index >= 15 is 0 Å². The molecule has 1 aliphatic rings. The first-order valence-corrected chi connectivity index (χ1v) is 10.3. The zero-order valence-corrected chi connectivity index (χ0v) is 16.9. The molecule has 3 rings (SSSR count). The number of aliphatic hydroxyl groups is 1. The molecule has 1 aromatic carbocycles. The highest BCUT2D eigenvalue weighted by Gasteiger charge is 2.28. The minimum atomic E-state index is -0.667. The van der Waals surface area contributed by atoms with E-state index in [9.17, 15) is 19.1 Å². The van der Waals surface area contributed by atoms with Gasteiger partial charge in [-0.25, -0.2) is 4.39 Å². The zero-order chi connectivity index (χ0) is 19.4. The molecule has 2 aromatic rings. The molecule has 0 bridgehead atoms. The SMILES string of the molecule is O=C(NCC(=O)N1CCC([C@@H](O)c2ccc(F)cc2)CC1)c1ccc(Br)s1. The Morgan fingerprint density at radius 2 is 1.89 bits per heavy atom. The van der Waals surface area contributed by atoms with Gasteiger partial charge in [0.2, 0.25) is 5.91 Å². The highest BCUT2D eigenvalue weighted by Crippen LogP contribution is 2.30. The number of hydrogen-bond donors (Lipinski definition) is 2. The molecule has 1 fully saturated rings. The maximum Gasteiger partial charge on any atom is 0.261 e. The predicted octanol–water partition coefficient (Wildman–Crippen LogP) is 3.35. The van der Waals surface area contributed by atoms with Gasteiger partial charge < -0.3 is 15.3 Å². The normalized spacial score (nSPS) is 16.2. The fourth-order valence-corrected chi connectivity index (χ4v) is 4.49. The van der Waals surface area contributed by atoms with E-state index in [2.05, 4.69) is 21.2 Å². The number of nitrogens with one attached hydrogen (secondary N) is 1. The van der Waals surface area contributed by atoms with Gasteiger partial charge in [0, 0.05) is 13.1 Å². The number of piperidine rings is 1. The van der Waals surface area contributed by atoms with Gasteiger partial charge in [0.25, 0.3) is 5.91 Å². The average Bonchev–Trinajstić information content (AvgIpc) is 3.12. The first-order chi connectivity index (χ1) is 12.9. The Morgan fingerprint density at radius 3 is 2.48 bits per heavy atom. The van der Waals surface area contributed by atoms with Crippen LogP contribution >= 0.6 is 27.3 Å². The third-order valence-corrected chi connectivity index (χ3v) is 6.37. The van der Waals surface area contributed by atoms with E-state index in [1.807, 2.05) is 0 Å². The molecule has 1 atom stereocenters. The number of rotatable bonds is 5. The van der Waals surface area contributed by atoms with Gasteiger partial charge >= 0.3 is 0 Å². The number of halogens is 2. The van der Waals surface area contributed by atoms with Crippen molar-refractivity contribution in [3.63, 3.8) is 0 Å². The molecule has 0 saturated carbocycles. The molecule has 2 N–H and O–H groups in total. The molecule has 2 heterocycles. The summed E-state index contributed by atoms with van der Waals surface area (Å²) < 4.78 is 13.9. The number of thiophene rings is 1. The van der Waals surface area contributed by atoms with Gasteiger partial charge in [-0.2, -0.15) is 0 Å². The smallest absolute Gasteiger partial charge is 0.261 e. The third-order valence-electron chi connectivity index (χ3n) is 4.75. The molecule has 2 amide bonds. The summed E-state index contributed by atoms with van der Waals surface area (Å²) in [6.07, 6.45) is 0.659. The van der Waals surface area contributed by atoms with E-state index in [0.717, 1.165) is 3.79 Å². The van der Waals surface area contributed by atoms with Crippen LogP contribution < -0.4 is 5.32 Å². The minimum absolute atomic E-state index is 0.0255. The van der Waals surface area contributed by atoms with Gasteiger partial charge in [-0.1, -0.05) is 12.1 Å². The summed E-state index contributed by atoms with van der Waals surface area (Å²) in [4.78, 5) is 26.6. The molecular formula is C19H20BrFN2O3S. The van der Waals surface area contributed by atoms with E-state index in [1.54, 1.807) is 29.2 Å². The first kappa shape index (κ1) is 20.0. The van der Waals surface area contributed by atoms with Crippen LogP contribution in [0.2, 0.25) is 0 Å². The van der Waals surface area contributed by atoms with Crippen LogP contribution in [0.25, 0.3) is 0 Å². The summed E-state index contributed by atoms with van der Waals surface area (Å²) >= 11 is 4.62. The maximum absolute atomic E-state index is 13.0. The monoisotopic (exact) mass is 454 g/mol. The zero-order valence-electron chi connectivity index (χ0n) is 14.5. The second-order valence-corrected chi connectivity index (χ2v) is 8.96. The van der Waals surface area contributed by atoms with Crippen LogP contribution in [0.1, 0.15) is 34.2 Å². The van der Waals surface area contributed by atoms with Crippen molar-refractivity contribution >= 4 is 39.1 Å². The van der Waals surface area contributed by atoms with Crippen LogP contribution in [0, 0.1) is 11.7 Å². The average molecular weight is 455 g/mol. The first-order valence-electron chi connectivity index (χ1n) is 8.69. The van der Waals surface area contributed by atoms with Crippen molar-refractivity contribution in [3.05, 3.63) is 56.4 Å². The number of carbonyl (C=O) groups excluding carboxylic acids is 2. The molecule has 27 heavy (non-hydrogen) atoms. The molecule has 0 unspecified atom stereocenters. The standard InChI is InChI=1S/C19H20BrFN2O3S/c20-16-6-5-15(27-16)19(26)22-11-17(24)23-9-7-13(8-10-23)18(25)12-1-3-14(21)4-2-12/h1-6,13,18,25H,7-11H2,(H,22,26)/t18-/m0/s1. The minimum Gasteiger partial charge on any atom is -0.388 e. The summed E-state index contributed by atoms with van der Waals surface area (Å²) in [6.45, 7) is 1.02. The van der Waals surface area contributed by atoms with E-state index in [-0.39, 0.29) is 30.1 Å². The number of nitrogens with zero attached hydrogens (tertiary/aromatic N) is 1. The molecule has 1 aromatic heterocycles. The van der Waals surface area contributed by atoms with E-state index in [4.69, 9.17) is 0 Å². The number of carbonyl (C=O) groups is 2. The van der Waals surface area contributed by atoms with Gasteiger partial charge in [0.05, 0.1) is 21.3 Å². The number of hydrogen-bond acceptors (Lipinski definition) is 4. The maximum atomic E-state index is 13.0. The fourth-order valence-electron chi connectivity index (χ4n) is 3.19. The topological polar surface area (TPSA) is 69.6 Å². The van der Waals surface area contributed by atoms with Crippen molar-refractivity contribution in [2.24, 2.45) is 5.92 Å². The lowest BCUT2D eigenvalue weighted by atomic mass is 9.87. The lowest BCUT2D eigenvalue weighted by Gasteiger charge is -2.34. The Bertz CT molecular complexity index is 804. The summed E-state index contributed by atoms with van der Waals surface area (Å²) in [7, 11) is 0. The quantitative estimate of drug-likeness (QED) is 0.727.